The fourth-order valence-corrected chi connectivity index (χ4v) is 7.87. The number of likely N-dealkylation sites (tertiary alicyclic amines) is 2. The minimum absolute atomic E-state index is 0.132. The topological polar surface area (TPSA) is 99.3 Å². The molecule has 220 valence electrons. The summed E-state index contributed by atoms with van der Waals surface area (Å²) in [6.07, 6.45) is 10.9. The summed E-state index contributed by atoms with van der Waals surface area (Å²) in [5.41, 5.74) is 1.50. The van der Waals surface area contributed by atoms with Crippen LogP contribution in [-0.2, 0) is 20.9 Å². The lowest BCUT2D eigenvalue weighted by Crippen LogP contribution is -2.60. The Morgan fingerprint density at radius 2 is 1.71 bits per heavy atom. The number of carbonyl (C=O) groups excluding carboxylic acids is 4. The molecule has 2 aliphatic carbocycles. The maximum atomic E-state index is 13.1. The Bertz CT molecular complexity index is 1220. The van der Waals surface area contributed by atoms with Crippen LogP contribution in [0.15, 0.2) is 18.2 Å². The van der Waals surface area contributed by atoms with E-state index in [1.165, 1.54) is 25.7 Å². The average Bonchev–Trinajstić information content (AvgIpc) is 3.70. The molecule has 0 radical (unpaired) electrons. The molecular formula is C32H42N4O5. The molecule has 4 heterocycles. The maximum Gasteiger partial charge on any atom is 0.255 e. The van der Waals surface area contributed by atoms with Crippen molar-refractivity contribution >= 4 is 23.6 Å². The molecule has 9 heteroatoms. The molecule has 3 saturated heterocycles. The van der Waals surface area contributed by atoms with E-state index >= 15 is 0 Å². The number of benzene rings is 1. The molecule has 5 fully saturated rings. The van der Waals surface area contributed by atoms with Crippen LogP contribution < -0.4 is 10.1 Å². The smallest absolute Gasteiger partial charge is 0.255 e. The highest BCUT2D eigenvalue weighted by molar-refractivity contribution is 6.05. The summed E-state index contributed by atoms with van der Waals surface area (Å²) in [5, 5.41) is 2.37. The van der Waals surface area contributed by atoms with Gasteiger partial charge in [-0.1, -0.05) is 6.42 Å². The summed E-state index contributed by atoms with van der Waals surface area (Å²) in [5.74, 6) is 2.47. The summed E-state index contributed by atoms with van der Waals surface area (Å²) in [6, 6.07) is 5.51. The van der Waals surface area contributed by atoms with Gasteiger partial charge in [0.2, 0.25) is 17.7 Å². The number of nitrogens with zero attached hydrogens (tertiary/aromatic N) is 3. The van der Waals surface area contributed by atoms with Gasteiger partial charge in [-0.25, -0.2) is 0 Å². The lowest BCUT2D eigenvalue weighted by molar-refractivity contribution is -0.137. The molecule has 1 N–H and O–H groups in total. The number of hydrogen-bond acceptors (Lipinski definition) is 6. The number of piperidine rings is 2. The fraction of sp³-hybridized carbons (Fsp3) is 0.688. The van der Waals surface area contributed by atoms with Crippen LogP contribution >= 0.6 is 0 Å². The SMILES string of the molecule is O=C1CCC(N2Cc3cc(O[C@H]4CCCC[C@H]4N4CC(C5CCN(C(=O)CC6CC6)CC5)C4)ccc3C2=O)C(=O)N1. The fourth-order valence-electron chi connectivity index (χ4n) is 7.87. The Morgan fingerprint density at radius 1 is 0.927 bits per heavy atom. The predicted octanol–water partition coefficient (Wildman–Crippen LogP) is 3.11. The van der Waals surface area contributed by atoms with Crippen LogP contribution in [0.25, 0.3) is 0 Å². The number of hydrogen-bond donors (Lipinski definition) is 1. The molecular weight excluding hydrogens is 520 g/mol. The van der Waals surface area contributed by atoms with Crippen molar-refractivity contribution in [2.75, 3.05) is 26.2 Å². The van der Waals surface area contributed by atoms with Crippen molar-refractivity contribution in [3.8, 4) is 5.75 Å². The Hall–Kier alpha value is -2.94. The molecule has 3 atom stereocenters. The number of fused-ring (bicyclic) bond motifs is 1. The van der Waals surface area contributed by atoms with Crippen LogP contribution in [0.4, 0.5) is 0 Å². The van der Waals surface area contributed by atoms with Crippen LogP contribution in [0, 0.1) is 17.8 Å². The molecule has 4 aliphatic heterocycles. The first-order chi connectivity index (χ1) is 19.9. The van der Waals surface area contributed by atoms with E-state index in [0.717, 1.165) is 81.4 Å². The third-order valence-corrected chi connectivity index (χ3v) is 10.6. The molecule has 9 nitrogen and oxygen atoms in total. The Labute approximate surface area is 241 Å². The van der Waals surface area contributed by atoms with Crippen molar-refractivity contribution < 1.29 is 23.9 Å². The first kappa shape index (κ1) is 26.9. The highest BCUT2D eigenvalue weighted by atomic mass is 16.5. The second-order valence-electron chi connectivity index (χ2n) is 13.3. The van der Waals surface area contributed by atoms with E-state index < -0.39 is 6.04 Å². The van der Waals surface area contributed by atoms with Gasteiger partial charge in [-0.15, -0.1) is 0 Å². The van der Waals surface area contributed by atoms with Crippen molar-refractivity contribution in [2.45, 2.75) is 95.4 Å². The second kappa shape index (κ2) is 11.0. The van der Waals surface area contributed by atoms with Gasteiger partial charge in [0.25, 0.3) is 5.91 Å². The zero-order chi connectivity index (χ0) is 28.1. The third kappa shape index (κ3) is 5.49. The number of rotatable bonds is 7. The zero-order valence-corrected chi connectivity index (χ0v) is 23.9. The zero-order valence-electron chi connectivity index (χ0n) is 23.9. The van der Waals surface area contributed by atoms with Crippen LogP contribution in [0.5, 0.6) is 5.75 Å². The molecule has 6 aliphatic rings. The van der Waals surface area contributed by atoms with Gasteiger partial charge in [-0.05, 0) is 92.9 Å². The van der Waals surface area contributed by atoms with Crippen LogP contribution in [0.1, 0.15) is 86.6 Å². The maximum absolute atomic E-state index is 13.1. The van der Waals surface area contributed by atoms with Crippen LogP contribution in [0.2, 0.25) is 0 Å². The van der Waals surface area contributed by atoms with Gasteiger partial charge in [0, 0.05) is 57.2 Å². The highest BCUT2D eigenvalue weighted by Gasteiger charge is 2.43. The largest absolute Gasteiger partial charge is 0.489 e. The third-order valence-electron chi connectivity index (χ3n) is 10.6. The van der Waals surface area contributed by atoms with Gasteiger partial charge in [-0.2, -0.15) is 0 Å². The molecule has 0 aromatic heterocycles. The number of ether oxygens (including phenoxy) is 1. The molecule has 0 bridgehead atoms. The quantitative estimate of drug-likeness (QED) is 0.513. The molecule has 0 spiro atoms. The second-order valence-corrected chi connectivity index (χ2v) is 13.3. The monoisotopic (exact) mass is 562 g/mol. The van der Waals surface area contributed by atoms with Crippen molar-refractivity contribution in [3.63, 3.8) is 0 Å². The molecule has 1 aromatic carbocycles. The van der Waals surface area contributed by atoms with Crippen molar-refractivity contribution in [1.82, 2.24) is 20.0 Å². The average molecular weight is 563 g/mol. The van der Waals surface area contributed by atoms with E-state index in [0.29, 0.717) is 36.4 Å². The van der Waals surface area contributed by atoms with E-state index in [1.54, 1.807) is 4.90 Å². The minimum Gasteiger partial charge on any atom is -0.489 e. The Balaban J connectivity index is 0.930. The van der Waals surface area contributed by atoms with Crippen molar-refractivity contribution in [3.05, 3.63) is 29.3 Å². The van der Waals surface area contributed by atoms with Crippen LogP contribution in [-0.4, -0.2) is 82.7 Å². The lowest BCUT2D eigenvalue weighted by Gasteiger charge is -2.51. The van der Waals surface area contributed by atoms with Crippen molar-refractivity contribution in [1.29, 1.82) is 0 Å². The van der Waals surface area contributed by atoms with E-state index in [2.05, 4.69) is 15.1 Å². The standard InChI is InChI=1S/C32H42N4O5/c37-29-10-9-27(31(39)33-29)36-19-22-16-24(7-8-25(22)32(36)40)41-28-4-2-1-3-26(28)35-17-23(18-35)21-11-13-34(14-12-21)30(38)15-20-5-6-20/h7-8,16,20-21,23,26-28H,1-6,9-15,17-19H2,(H,33,37,39)/t26-,27?,28+/m1/s1. The highest BCUT2D eigenvalue weighted by Crippen LogP contribution is 2.39. The van der Waals surface area contributed by atoms with Crippen LogP contribution in [0.3, 0.4) is 0 Å². The summed E-state index contributed by atoms with van der Waals surface area (Å²) >= 11 is 0. The Kier molecular flexibility index (Phi) is 7.25. The number of amides is 4. The van der Waals surface area contributed by atoms with E-state index in [9.17, 15) is 19.2 Å². The molecule has 1 aromatic rings. The first-order valence-corrected chi connectivity index (χ1v) is 15.9. The molecule has 1 unspecified atom stereocenters. The van der Waals surface area contributed by atoms with E-state index in [-0.39, 0.29) is 30.2 Å². The van der Waals surface area contributed by atoms with Gasteiger partial charge in [0.05, 0.1) is 0 Å². The normalized spacial score (nSPS) is 29.8. The summed E-state index contributed by atoms with van der Waals surface area (Å²) < 4.78 is 6.62. The first-order valence-electron chi connectivity index (χ1n) is 15.9. The summed E-state index contributed by atoms with van der Waals surface area (Å²) in [4.78, 5) is 55.8. The van der Waals surface area contributed by atoms with Gasteiger partial charge in [0.15, 0.2) is 0 Å². The Morgan fingerprint density at radius 3 is 2.46 bits per heavy atom. The summed E-state index contributed by atoms with van der Waals surface area (Å²) in [6.45, 7) is 4.49. The number of carbonyl (C=O) groups is 4. The van der Waals surface area contributed by atoms with Gasteiger partial charge in [-0.3, -0.25) is 29.4 Å². The molecule has 7 rings (SSSR count). The number of nitrogens with one attached hydrogen (secondary N) is 1. The van der Waals surface area contributed by atoms with Gasteiger partial charge in [0.1, 0.15) is 17.9 Å². The minimum atomic E-state index is -0.602. The number of imide groups is 1. The predicted molar refractivity (Wildman–Crippen MR) is 151 cm³/mol. The van der Waals surface area contributed by atoms with Crippen molar-refractivity contribution in [2.24, 2.45) is 17.8 Å². The molecule has 2 saturated carbocycles. The van der Waals surface area contributed by atoms with E-state index in [4.69, 9.17) is 4.74 Å². The molecule has 4 amide bonds. The summed E-state index contributed by atoms with van der Waals surface area (Å²) in [7, 11) is 0. The van der Waals surface area contributed by atoms with Gasteiger partial charge < -0.3 is 14.5 Å². The lowest BCUT2D eigenvalue weighted by atomic mass is 9.77. The molecule has 41 heavy (non-hydrogen) atoms. The van der Waals surface area contributed by atoms with Gasteiger partial charge >= 0.3 is 0 Å². The van der Waals surface area contributed by atoms with E-state index in [1.807, 2.05) is 18.2 Å².